The van der Waals surface area contributed by atoms with Gasteiger partial charge in [0.15, 0.2) is 0 Å². The third-order valence-electron chi connectivity index (χ3n) is 3.07. The summed E-state index contributed by atoms with van der Waals surface area (Å²) in [5.74, 6) is 4.61. The summed E-state index contributed by atoms with van der Waals surface area (Å²) >= 11 is 12.1. The summed E-state index contributed by atoms with van der Waals surface area (Å²) in [5, 5.41) is 0.956. The summed E-state index contributed by atoms with van der Waals surface area (Å²) in [6.07, 6.45) is 0. The lowest BCUT2D eigenvalue weighted by Gasteiger charge is -2.18. The van der Waals surface area contributed by atoms with Gasteiger partial charge < -0.3 is 9.80 Å². The maximum atomic E-state index is 10.6. The lowest BCUT2D eigenvalue weighted by atomic mass is 10.2. The lowest BCUT2D eigenvalue weighted by Crippen LogP contribution is -2.30. The van der Waals surface area contributed by atoms with Crippen molar-refractivity contribution in [2.45, 2.75) is 6.92 Å². The van der Waals surface area contributed by atoms with Crippen molar-refractivity contribution in [3.05, 3.63) is 22.2 Å². The van der Waals surface area contributed by atoms with Gasteiger partial charge in [0.2, 0.25) is 0 Å². The number of rotatable bonds is 3. The van der Waals surface area contributed by atoms with Gasteiger partial charge >= 0.3 is 0 Å². The van der Waals surface area contributed by atoms with E-state index in [1.54, 1.807) is 6.07 Å². The van der Waals surface area contributed by atoms with E-state index in [1.165, 1.54) is 0 Å². The monoisotopic (exact) mass is 348 g/mol. The van der Waals surface area contributed by atoms with Gasteiger partial charge in [0.25, 0.3) is 10.1 Å². The van der Waals surface area contributed by atoms with Crippen molar-refractivity contribution in [2.24, 2.45) is 0 Å². The van der Waals surface area contributed by atoms with Crippen LogP contribution in [0, 0.1) is 11.8 Å². The molecular formula is C13H14Cl2N2O3S. The zero-order chi connectivity index (χ0) is 15.6. The third-order valence-corrected chi connectivity index (χ3v) is 4.30. The van der Waals surface area contributed by atoms with Crippen LogP contribution in [0.25, 0.3) is 0 Å². The minimum absolute atomic E-state index is 0.344. The maximum absolute atomic E-state index is 10.6. The predicted molar refractivity (Wildman–Crippen MR) is 85.9 cm³/mol. The highest BCUT2D eigenvalue weighted by Crippen LogP contribution is 2.40. The number of fused-ring (bicyclic) bond motifs is 1. The topological polar surface area (TPSA) is 60.9 Å². The highest BCUT2D eigenvalue weighted by atomic mass is 35.5. The molecule has 0 bridgehead atoms. The van der Waals surface area contributed by atoms with Crippen LogP contribution in [0.15, 0.2) is 12.1 Å². The predicted octanol–water partition coefficient (Wildman–Crippen LogP) is 2.49. The Balaban J connectivity index is 2.19. The van der Waals surface area contributed by atoms with Crippen LogP contribution in [-0.2, 0) is 10.1 Å². The van der Waals surface area contributed by atoms with Gasteiger partial charge in [-0.15, -0.1) is 0 Å². The molecule has 1 heterocycles. The molecule has 1 aromatic rings. The van der Waals surface area contributed by atoms with E-state index in [0.717, 1.165) is 17.9 Å². The molecule has 2 rings (SSSR count). The Morgan fingerprint density at radius 2 is 1.76 bits per heavy atom. The molecule has 0 amide bonds. The average Bonchev–Trinajstić information content (AvgIpc) is 2.72. The van der Waals surface area contributed by atoms with Crippen molar-refractivity contribution in [3.8, 4) is 11.8 Å². The van der Waals surface area contributed by atoms with Gasteiger partial charge in [-0.05, 0) is 19.1 Å². The molecule has 21 heavy (non-hydrogen) atoms. The first-order valence-electron chi connectivity index (χ1n) is 6.21. The van der Waals surface area contributed by atoms with E-state index in [9.17, 15) is 8.42 Å². The fourth-order valence-electron chi connectivity index (χ4n) is 2.09. The Bertz CT molecular complexity index is 710. The maximum Gasteiger partial charge on any atom is 0.276 e. The first-order chi connectivity index (χ1) is 9.81. The highest BCUT2D eigenvalue weighted by Gasteiger charge is 2.25. The van der Waals surface area contributed by atoms with E-state index in [4.69, 9.17) is 27.8 Å². The quantitative estimate of drug-likeness (QED) is 0.671. The van der Waals surface area contributed by atoms with Gasteiger partial charge in [0.1, 0.15) is 5.75 Å². The van der Waals surface area contributed by atoms with Crippen LogP contribution < -0.4 is 9.80 Å². The second-order valence-electron chi connectivity index (χ2n) is 4.53. The van der Waals surface area contributed by atoms with Gasteiger partial charge in [0, 0.05) is 6.54 Å². The molecule has 0 fully saturated rings. The van der Waals surface area contributed by atoms with E-state index in [2.05, 4.69) is 16.7 Å². The molecule has 0 unspecified atom stereocenters. The van der Waals surface area contributed by atoms with Gasteiger partial charge in [-0.2, -0.15) is 8.42 Å². The van der Waals surface area contributed by atoms with E-state index < -0.39 is 15.9 Å². The molecule has 0 aromatic heterocycles. The molecule has 1 aromatic carbocycles. The zero-order valence-corrected chi connectivity index (χ0v) is 13.6. The summed E-state index contributed by atoms with van der Waals surface area (Å²) in [7, 11) is -4.05. The standard InChI is InChI=1S/C13H14Cl2N2O3S/c1-2-16-9-17(5-3-4-6-21(18,19)20)13-8-11(15)10(14)7-12(13)16/h7-8H,2,5-6,9H2,1H3,(H,18,19,20). The van der Waals surface area contributed by atoms with Crippen molar-refractivity contribution in [2.75, 3.05) is 35.3 Å². The molecule has 1 N–H and O–H groups in total. The minimum atomic E-state index is -4.05. The van der Waals surface area contributed by atoms with E-state index in [0.29, 0.717) is 23.3 Å². The molecular weight excluding hydrogens is 335 g/mol. The number of hydrogen-bond acceptors (Lipinski definition) is 4. The summed E-state index contributed by atoms with van der Waals surface area (Å²) < 4.78 is 29.8. The second-order valence-corrected chi connectivity index (χ2v) is 6.80. The zero-order valence-electron chi connectivity index (χ0n) is 11.3. The normalized spacial score (nSPS) is 13.9. The molecule has 0 saturated heterocycles. The van der Waals surface area contributed by atoms with Crippen LogP contribution in [0.2, 0.25) is 10.0 Å². The van der Waals surface area contributed by atoms with E-state index >= 15 is 0 Å². The molecule has 0 saturated carbocycles. The molecule has 8 heteroatoms. The Kier molecular flexibility index (Phi) is 4.89. The molecule has 1 aliphatic rings. The van der Waals surface area contributed by atoms with Gasteiger partial charge in [0.05, 0.1) is 34.6 Å². The molecule has 0 atom stereocenters. The second kappa shape index (κ2) is 6.32. The van der Waals surface area contributed by atoms with Crippen LogP contribution in [0.3, 0.4) is 0 Å². The Labute approximate surface area is 134 Å². The van der Waals surface area contributed by atoms with Crippen molar-refractivity contribution in [1.82, 2.24) is 0 Å². The lowest BCUT2D eigenvalue weighted by molar-refractivity contribution is 0.487. The van der Waals surface area contributed by atoms with Gasteiger partial charge in [-0.1, -0.05) is 35.0 Å². The average molecular weight is 349 g/mol. The fourth-order valence-corrected chi connectivity index (χ4v) is 2.69. The SMILES string of the molecule is CCN1CN(CC#CCS(=O)(=O)O)c2cc(Cl)c(Cl)cc21. The van der Waals surface area contributed by atoms with Crippen LogP contribution in [0.4, 0.5) is 11.4 Å². The summed E-state index contributed by atoms with van der Waals surface area (Å²) in [6.45, 7) is 3.81. The van der Waals surface area contributed by atoms with Crippen LogP contribution >= 0.6 is 23.2 Å². The highest BCUT2D eigenvalue weighted by molar-refractivity contribution is 7.86. The fraction of sp³-hybridized carbons (Fsp3) is 0.385. The van der Waals surface area contributed by atoms with Crippen molar-refractivity contribution in [1.29, 1.82) is 0 Å². The molecule has 0 spiro atoms. The van der Waals surface area contributed by atoms with Crippen LogP contribution in [0.5, 0.6) is 0 Å². The molecule has 114 valence electrons. The number of anilines is 2. The molecule has 0 radical (unpaired) electrons. The third kappa shape index (κ3) is 3.95. The summed E-state index contributed by atoms with van der Waals surface area (Å²) in [4.78, 5) is 4.08. The minimum Gasteiger partial charge on any atom is -0.352 e. The Hall–Kier alpha value is -1.13. The first kappa shape index (κ1) is 16.2. The number of hydrogen-bond donors (Lipinski definition) is 1. The van der Waals surface area contributed by atoms with Crippen LogP contribution in [0.1, 0.15) is 6.92 Å². The largest absolute Gasteiger partial charge is 0.352 e. The molecule has 0 aliphatic carbocycles. The molecule has 1 aliphatic heterocycles. The number of halogens is 2. The summed E-state index contributed by atoms with van der Waals surface area (Å²) in [5.41, 5.74) is 1.89. The number of benzene rings is 1. The first-order valence-corrected chi connectivity index (χ1v) is 8.58. The Morgan fingerprint density at radius 3 is 2.29 bits per heavy atom. The molecule has 5 nitrogen and oxygen atoms in total. The van der Waals surface area contributed by atoms with Crippen LogP contribution in [-0.4, -0.2) is 38.5 Å². The number of nitrogens with zero attached hydrogens (tertiary/aromatic N) is 2. The van der Waals surface area contributed by atoms with Crippen molar-refractivity contribution >= 4 is 44.7 Å². The van der Waals surface area contributed by atoms with E-state index in [1.807, 2.05) is 17.9 Å². The smallest absolute Gasteiger partial charge is 0.276 e. The van der Waals surface area contributed by atoms with E-state index in [-0.39, 0.29) is 0 Å². The van der Waals surface area contributed by atoms with Gasteiger partial charge in [-0.25, -0.2) is 0 Å². The van der Waals surface area contributed by atoms with Crippen molar-refractivity contribution < 1.29 is 13.0 Å². The Morgan fingerprint density at radius 1 is 1.19 bits per heavy atom. The van der Waals surface area contributed by atoms with Crippen molar-refractivity contribution in [3.63, 3.8) is 0 Å². The van der Waals surface area contributed by atoms with Gasteiger partial charge in [-0.3, -0.25) is 4.55 Å². The summed E-state index contributed by atoms with van der Waals surface area (Å²) in [6, 6.07) is 3.59.